The zero-order valence-electron chi connectivity index (χ0n) is 15.2. The van der Waals surface area contributed by atoms with Gasteiger partial charge >= 0.3 is 11.8 Å². The zero-order chi connectivity index (χ0) is 19.1. The summed E-state index contributed by atoms with van der Waals surface area (Å²) in [6, 6.07) is 14.8. The molecule has 3 N–H and O–H groups in total. The molecule has 2 amide bonds. The summed E-state index contributed by atoms with van der Waals surface area (Å²) in [6.07, 6.45) is 1.11. The number of nitrogens with one attached hydrogen (secondary N) is 2. The number of benzene rings is 2. The van der Waals surface area contributed by atoms with Crippen LogP contribution in [0, 0.1) is 0 Å². The lowest BCUT2D eigenvalue weighted by Gasteiger charge is -2.13. The maximum absolute atomic E-state index is 12.0. The molecule has 2 rings (SSSR count). The molecule has 0 bridgehead atoms. The normalized spacial score (nSPS) is 11.9. The molecule has 0 aliphatic rings. The van der Waals surface area contributed by atoms with Crippen LogP contribution in [-0.4, -0.2) is 29.7 Å². The number of anilines is 1. The Morgan fingerprint density at radius 2 is 1.54 bits per heavy atom. The number of aliphatic hydroxyl groups excluding tert-OH is 1. The number of rotatable bonds is 6. The number of carbonyl (C=O) groups excluding carboxylic acids is 2. The highest BCUT2D eigenvalue weighted by molar-refractivity contribution is 7.98. The van der Waals surface area contributed by atoms with Crippen LogP contribution < -0.4 is 10.6 Å². The summed E-state index contributed by atoms with van der Waals surface area (Å²) in [5, 5.41) is 15.1. The predicted molar refractivity (Wildman–Crippen MR) is 105 cm³/mol. The van der Waals surface area contributed by atoms with Gasteiger partial charge in [-0.1, -0.05) is 38.1 Å². The second-order valence-corrected chi connectivity index (χ2v) is 7.11. The monoisotopic (exact) mass is 372 g/mol. The van der Waals surface area contributed by atoms with Crippen molar-refractivity contribution in [1.82, 2.24) is 5.32 Å². The summed E-state index contributed by atoms with van der Waals surface area (Å²) in [6.45, 7) is 4.14. The molecule has 0 saturated carbocycles. The number of hydrogen-bond acceptors (Lipinski definition) is 4. The van der Waals surface area contributed by atoms with E-state index in [4.69, 9.17) is 0 Å². The topological polar surface area (TPSA) is 78.4 Å². The quantitative estimate of drug-likeness (QED) is 0.537. The van der Waals surface area contributed by atoms with Crippen LogP contribution >= 0.6 is 11.8 Å². The Labute approximate surface area is 158 Å². The van der Waals surface area contributed by atoms with Crippen molar-refractivity contribution < 1.29 is 14.7 Å². The van der Waals surface area contributed by atoms with Crippen molar-refractivity contribution in [2.45, 2.75) is 30.8 Å². The van der Waals surface area contributed by atoms with Crippen molar-refractivity contribution in [2.24, 2.45) is 0 Å². The fourth-order valence-corrected chi connectivity index (χ4v) is 2.76. The van der Waals surface area contributed by atoms with Crippen LogP contribution in [-0.2, 0) is 9.59 Å². The van der Waals surface area contributed by atoms with E-state index in [1.54, 1.807) is 36.0 Å². The molecule has 1 unspecified atom stereocenters. The zero-order valence-corrected chi connectivity index (χ0v) is 16.0. The third kappa shape index (κ3) is 5.61. The number of amides is 2. The van der Waals surface area contributed by atoms with E-state index in [1.165, 1.54) is 0 Å². The Balaban J connectivity index is 1.85. The average molecular weight is 372 g/mol. The molecule has 0 aromatic heterocycles. The fraction of sp³-hybridized carbons (Fsp3) is 0.300. The largest absolute Gasteiger partial charge is 0.387 e. The minimum atomic E-state index is -0.868. The van der Waals surface area contributed by atoms with Gasteiger partial charge in [0.05, 0.1) is 6.10 Å². The average Bonchev–Trinajstić information content (AvgIpc) is 2.66. The summed E-state index contributed by atoms with van der Waals surface area (Å²) < 4.78 is 0. The van der Waals surface area contributed by atoms with Crippen LogP contribution in [0.15, 0.2) is 53.4 Å². The van der Waals surface area contributed by atoms with Gasteiger partial charge in [0, 0.05) is 17.1 Å². The maximum Gasteiger partial charge on any atom is 0.313 e. The Morgan fingerprint density at radius 3 is 2.08 bits per heavy atom. The molecule has 0 spiro atoms. The van der Waals surface area contributed by atoms with Gasteiger partial charge in [-0.25, -0.2) is 0 Å². The van der Waals surface area contributed by atoms with Gasteiger partial charge in [0.25, 0.3) is 0 Å². The molecule has 0 aliphatic carbocycles. The highest BCUT2D eigenvalue weighted by Crippen LogP contribution is 2.19. The van der Waals surface area contributed by atoms with Crippen molar-refractivity contribution in [3.8, 4) is 0 Å². The summed E-state index contributed by atoms with van der Waals surface area (Å²) in [7, 11) is 0. The lowest BCUT2D eigenvalue weighted by Crippen LogP contribution is -2.37. The summed E-state index contributed by atoms with van der Waals surface area (Å²) in [5.41, 5.74) is 2.40. The Hall–Kier alpha value is -2.31. The van der Waals surface area contributed by atoms with Gasteiger partial charge in [-0.15, -0.1) is 11.8 Å². The Kier molecular flexibility index (Phi) is 7.24. The van der Waals surface area contributed by atoms with Crippen LogP contribution in [0.25, 0.3) is 0 Å². The third-order valence-electron chi connectivity index (χ3n) is 4.00. The SMILES string of the molecule is CSc1ccc(C(O)CNC(=O)C(=O)Nc2ccc(C(C)C)cc2)cc1. The van der Waals surface area contributed by atoms with Crippen molar-refractivity contribution >= 4 is 29.3 Å². The van der Waals surface area contributed by atoms with Crippen LogP contribution in [0.3, 0.4) is 0 Å². The number of thioether (sulfide) groups is 1. The lowest BCUT2D eigenvalue weighted by molar-refractivity contribution is -0.136. The molecule has 0 aliphatic heterocycles. The molecule has 0 radical (unpaired) electrons. The lowest BCUT2D eigenvalue weighted by atomic mass is 10.0. The second kappa shape index (κ2) is 9.40. The smallest absolute Gasteiger partial charge is 0.313 e. The molecular weight excluding hydrogens is 348 g/mol. The molecular formula is C20H24N2O3S. The maximum atomic E-state index is 12.0. The molecule has 0 heterocycles. The van der Waals surface area contributed by atoms with E-state index in [9.17, 15) is 14.7 Å². The molecule has 6 heteroatoms. The van der Waals surface area contributed by atoms with Gasteiger partial charge in [-0.3, -0.25) is 9.59 Å². The van der Waals surface area contributed by atoms with Gasteiger partial charge in [0.2, 0.25) is 0 Å². The predicted octanol–water partition coefficient (Wildman–Crippen LogP) is 3.32. The van der Waals surface area contributed by atoms with Crippen LogP contribution in [0.5, 0.6) is 0 Å². The molecule has 26 heavy (non-hydrogen) atoms. The number of aliphatic hydroxyl groups is 1. The highest BCUT2D eigenvalue weighted by atomic mass is 32.2. The van der Waals surface area contributed by atoms with Crippen LogP contribution in [0.4, 0.5) is 5.69 Å². The first kappa shape index (κ1) is 20.0. The number of hydrogen-bond donors (Lipinski definition) is 3. The third-order valence-corrected chi connectivity index (χ3v) is 4.74. The van der Waals surface area contributed by atoms with Crippen LogP contribution in [0.2, 0.25) is 0 Å². The second-order valence-electron chi connectivity index (χ2n) is 6.23. The molecule has 0 saturated heterocycles. The minimum absolute atomic E-state index is 0.0306. The summed E-state index contributed by atoms with van der Waals surface area (Å²) in [5.74, 6) is -1.14. The first-order valence-electron chi connectivity index (χ1n) is 8.42. The molecule has 0 fully saturated rings. The van der Waals surface area contributed by atoms with Crippen LogP contribution in [0.1, 0.15) is 37.0 Å². The van der Waals surface area contributed by atoms with Crippen molar-refractivity contribution in [3.05, 3.63) is 59.7 Å². The van der Waals surface area contributed by atoms with E-state index >= 15 is 0 Å². The highest BCUT2D eigenvalue weighted by Gasteiger charge is 2.16. The van der Waals surface area contributed by atoms with E-state index in [1.807, 2.05) is 30.5 Å². The van der Waals surface area contributed by atoms with Crippen molar-refractivity contribution in [2.75, 3.05) is 18.1 Å². The molecule has 5 nitrogen and oxygen atoms in total. The number of carbonyl (C=O) groups is 2. The van der Waals surface area contributed by atoms with E-state index < -0.39 is 17.9 Å². The van der Waals surface area contributed by atoms with Gasteiger partial charge in [-0.05, 0) is 47.6 Å². The molecule has 2 aromatic carbocycles. The van der Waals surface area contributed by atoms with E-state index in [2.05, 4.69) is 24.5 Å². The standard InChI is InChI=1S/C20H24N2O3S/c1-13(2)14-4-8-16(9-5-14)22-20(25)19(24)21-12-18(23)15-6-10-17(26-3)11-7-15/h4-11,13,18,23H,12H2,1-3H3,(H,21,24)(H,22,25). The van der Waals surface area contributed by atoms with Gasteiger partial charge in [0.1, 0.15) is 0 Å². The first-order chi connectivity index (χ1) is 12.4. The molecule has 1 atom stereocenters. The van der Waals surface area contributed by atoms with Crippen molar-refractivity contribution in [1.29, 1.82) is 0 Å². The first-order valence-corrected chi connectivity index (χ1v) is 9.64. The Bertz CT molecular complexity index is 743. The van der Waals surface area contributed by atoms with Gasteiger partial charge in [0.15, 0.2) is 0 Å². The minimum Gasteiger partial charge on any atom is -0.387 e. The van der Waals surface area contributed by atoms with E-state index in [-0.39, 0.29) is 6.54 Å². The summed E-state index contributed by atoms with van der Waals surface area (Å²) in [4.78, 5) is 25.0. The van der Waals surface area contributed by atoms with Gasteiger partial charge in [-0.2, -0.15) is 0 Å². The van der Waals surface area contributed by atoms with E-state index in [0.29, 0.717) is 17.2 Å². The molecule has 138 valence electrons. The fourth-order valence-electron chi connectivity index (χ4n) is 2.35. The summed E-state index contributed by atoms with van der Waals surface area (Å²) >= 11 is 1.61. The van der Waals surface area contributed by atoms with E-state index in [0.717, 1.165) is 10.5 Å². The van der Waals surface area contributed by atoms with Crippen molar-refractivity contribution in [3.63, 3.8) is 0 Å². The van der Waals surface area contributed by atoms with Gasteiger partial charge < -0.3 is 15.7 Å². The Morgan fingerprint density at radius 1 is 0.962 bits per heavy atom. The molecule has 2 aromatic rings.